The van der Waals surface area contributed by atoms with Gasteiger partial charge in [0.1, 0.15) is 11.6 Å². The number of fused-ring (bicyclic) bond motifs is 1. The molecule has 32 heavy (non-hydrogen) atoms. The van der Waals surface area contributed by atoms with Gasteiger partial charge in [-0.3, -0.25) is 9.48 Å². The van der Waals surface area contributed by atoms with Crippen LogP contribution in [0.3, 0.4) is 0 Å². The molecular weight excluding hydrogens is 445 g/mol. The third-order valence-electron chi connectivity index (χ3n) is 5.13. The van der Waals surface area contributed by atoms with Gasteiger partial charge in [0.2, 0.25) is 0 Å². The standard InChI is InChI=1S/C24H17Cl2N5O/c1-31-21(13-19(30-31)14-6-3-2-4-7-14)29-24(32)15-10-11-18-20(12-15)28-23(27-18)22-16(25)8-5-9-17(22)26/h2-13H,1H3,(H,27,28)(H,29,32). The lowest BCUT2D eigenvalue weighted by Crippen LogP contribution is -2.14. The van der Waals surface area contributed by atoms with Crippen LogP contribution in [0.4, 0.5) is 5.82 Å². The Labute approximate surface area is 193 Å². The molecule has 0 saturated heterocycles. The number of aryl methyl sites for hydroxylation is 1. The van der Waals surface area contributed by atoms with Crippen LogP contribution in [0.2, 0.25) is 10.0 Å². The van der Waals surface area contributed by atoms with E-state index in [1.807, 2.05) is 36.4 Å². The Morgan fingerprint density at radius 2 is 1.72 bits per heavy atom. The maximum Gasteiger partial charge on any atom is 0.256 e. The van der Waals surface area contributed by atoms with E-state index in [1.54, 1.807) is 48.1 Å². The number of carbonyl (C=O) groups is 1. The fourth-order valence-electron chi connectivity index (χ4n) is 3.52. The number of anilines is 1. The molecule has 2 aromatic heterocycles. The van der Waals surface area contributed by atoms with E-state index in [-0.39, 0.29) is 5.91 Å². The summed E-state index contributed by atoms with van der Waals surface area (Å²) in [6.45, 7) is 0. The molecule has 158 valence electrons. The number of hydrogen-bond acceptors (Lipinski definition) is 3. The van der Waals surface area contributed by atoms with Crippen molar-refractivity contribution in [1.82, 2.24) is 19.7 Å². The molecule has 0 spiro atoms. The van der Waals surface area contributed by atoms with Crippen molar-refractivity contribution in [1.29, 1.82) is 0 Å². The zero-order valence-corrected chi connectivity index (χ0v) is 18.4. The van der Waals surface area contributed by atoms with Crippen molar-refractivity contribution in [3.05, 3.63) is 88.4 Å². The number of H-pyrrole nitrogens is 1. The molecule has 0 fully saturated rings. The monoisotopic (exact) mass is 461 g/mol. The lowest BCUT2D eigenvalue weighted by atomic mass is 10.1. The van der Waals surface area contributed by atoms with E-state index < -0.39 is 0 Å². The number of amides is 1. The van der Waals surface area contributed by atoms with Gasteiger partial charge in [0.25, 0.3) is 5.91 Å². The highest BCUT2D eigenvalue weighted by Crippen LogP contribution is 2.34. The van der Waals surface area contributed by atoms with Crippen LogP contribution in [0.1, 0.15) is 10.4 Å². The molecule has 0 bridgehead atoms. The number of carbonyl (C=O) groups excluding carboxylic acids is 1. The van der Waals surface area contributed by atoms with Crippen molar-refractivity contribution in [2.75, 3.05) is 5.32 Å². The Morgan fingerprint density at radius 3 is 2.47 bits per heavy atom. The number of nitrogens with one attached hydrogen (secondary N) is 2. The van der Waals surface area contributed by atoms with Crippen LogP contribution in [0, 0.1) is 0 Å². The molecule has 1 amide bonds. The summed E-state index contributed by atoms with van der Waals surface area (Å²) in [5.74, 6) is 0.899. The Bertz CT molecular complexity index is 1440. The quantitative estimate of drug-likeness (QED) is 0.335. The Morgan fingerprint density at radius 1 is 0.969 bits per heavy atom. The first kappa shape index (κ1) is 20.3. The van der Waals surface area contributed by atoms with Crippen molar-refractivity contribution in [2.45, 2.75) is 0 Å². The maximum atomic E-state index is 12.9. The Kier molecular flexibility index (Phi) is 5.17. The SMILES string of the molecule is Cn1nc(-c2ccccc2)cc1NC(=O)c1ccc2nc(-c3c(Cl)cccc3Cl)[nH]c2c1. The van der Waals surface area contributed by atoms with Crippen LogP contribution < -0.4 is 5.32 Å². The predicted molar refractivity (Wildman–Crippen MR) is 128 cm³/mol. The van der Waals surface area contributed by atoms with Crippen molar-refractivity contribution in [3.63, 3.8) is 0 Å². The highest BCUT2D eigenvalue weighted by Gasteiger charge is 2.16. The van der Waals surface area contributed by atoms with Gasteiger partial charge in [-0.15, -0.1) is 0 Å². The third-order valence-corrected chi connectivity index (χ3v) is 5.76. The molecule has 5 aromatic rings. The zero-order valence-electron chi connectivity index (χ0n) is 16.9. The first-order valence-electron chi connectivity index (χ1n) is 9.84. The van der Waals surface area contributed by atoms with Crippen LogP contribution in [0.5, 0.6) is 0 Å². The molecule has 5 rings (SSSR count). The fraction of sp³-hybridized carbons (Fsp3) is 0.0417. The normalized spacial score (nSPS) is 11.1. The largest absolute Gasteiger partial charge is 0.338 e. The van der Waals surface area contributed by atoms with Gasteiger partial charge in [0.15, 0.2) is 0 Å². The van der Waals surface area contributed by atoms with E-state index in [0.717, 1.165) is 11.3 Å². The van der Waals surface area contributed by atoms with Gasteiger partial charge in [-0.05, 0) is 30.3 Å². The molecule has 2 heterocycles. The second-order valence-corrected chi connectivity index (χ2v) is 8.09. The van der Waals surface area contributed by atoms with E-state index in [0.29, 0.717) is 43.8 Å². The molecule has 0 radical (unpaired) electrons. The topological polar surface area (TPSA) is 75.6 Å². The summed E-state index contributed by atoms with van der Waals surface area (Å²) in [7, 11) is 1.79. The summed E-state index contributed by atoms with van der Waals surface area (Å²) in [4.78, 5) is 20.7. The number of halogens is 2. The number of benzene rings is 3. The minimum atomic E-state index is -0.249. The molecule has 0 aliphatic rings. The molecule has 2 N–H and O–H groups in total. The van der Waals surface area contributed by atoms with Crippen LogP contribution in [0.15, 0.2) is 72.8 Å². The number of imidazole rings is 1. The van der Waals surface area contributed by atoms with Crippen LogP contribution in [-0.4, -0.2) is 25.7 Å². The average Bonchev–Trinajstić information content (AvgIpc) is 3.37. The first-order valence-corrected chi connectivity index (χ1v) is 10.6. The van der Waals surface area contributed by atoms with Gasteiger partial charge < -0.3 is 10.3 Å². The van der Waals surface area contributed by atoms with Crippen LogP contribution in [-0.2, 0) is 7.05 Å². The molecule has 8 heteroatoms. The molecule has 0 saturated carbocycles. The predicted octanol–water partition coefficient (Wildman–Crippen LogP) is 6.19. The minimum absolute atomic E-state index is 0.249. The van der Waals surface area contributed by atoms with E-state index >= 15 is 0 Å². The summed E-state index contributed by atoms with van der Waals surface area (Å²) in [6, 6.07) is 22.2. The fourth-order valence-corrected chi connectivity index (χ4v) is 4.09. The molecule has 0 aliphatic heterocycles. The minimum Gasteiger partial charge on any atom is -0.338 e. The Balaban J connectivity index is 1.43. The third kappa shape index (κ3) is 3.75. The highest BCUT2D eigenvalue weighted by atomic mass is 35.5. The number of nitrogens with zero attached hydrogens (tertiary/aromatic N) is 3. The van der Waals surface area contributed by atoms with Gasteiger partial charge in [-0.1, -0.05) is 59.6 Å². The zero-order chi connectivity index (χ0) is 22.2. The average molecular weight is 462 g/mol. The summed E-state index contributed by atoms with van der Waals surface area (Å²) in [6.07, 6.45) is 0. The van der Waals surface area contributed by atoms with Crippen molar-refractivity contribution in [2.24, 2.45) is 7.05 Å². The first-order chi connectivity index (χ1) is 15.5. The molecule has 3 aromatic carbocycles. The number of aromatic nitrogens is 4. The van der Waals surface area contributed by atoms with Gasteiger partial charge in [-0.2, -0.15) is 5.10 Å². The molecule has 0 aliphatic carbocycles. The highest BCUT2D eigenvalue weighted by molar-refractivity contribution is 6.39. The molecule has 0 unspecified atom stereocenters. The van der Waals surface area contributed by atoms with Crippen molar-refractivity contribution < 1.29 is 4.79 Å². The van der Waals surface area contributed by atoms with E-state index in [9.17, 15) is 4.79 Å². The number of aromatic amines is 1. The molecular formula is C24H17Cl2N5O. The van der Waals surface area contributed by atoms with E-state index in [2.05, 4.69) is 20.4 Å². The Hall–Kier alpha value is -3.61. The second-order valence-electron chi connectivity index (χ2n) is 7.27. The van der Waals surface area contributed by atoms with E-state index in [1.165, 1.54) is 0 Å². The lowest BCUT2D eigenvalue weighted by molar-refractivity contribution is 0.102. The summed E-state index contributed by atoms with van der Waals surface area (Å²) >= 11 is 12.6. The maximum absolute atomic E-state index is 12.9. The van der Waals surface area contributed by atoms with Crippen molar-refractivity contribution >= 4 is 46.0 Å². The van der Waals surface area contributed by atoms with E-state index in [4.69, 9.17) is 23.2 Å². The number of hydrogen-bond donors (Lipinski definition) is 2. The van der Waals surface area contributed by atoms with Crippen molar-refractivity contribution in [3.8, 4) is 22.6 Å². The van der Waals surface area contributed by atoms with Gasteiger partial charge >= 0.3 is 0 Å². The second kappa shape index (κ2) is 8.15. The van der Waals surface area contributed by atoms with Gasteiger partial charge in [0.05, 0.1) is 32.3 Å². The summed E-state index contributed by atoms with van der Waals surface area (Å²) < 4.78 is 1.65. The van der Waals surface area contributed by atoms with Crippen LogP contribution in [0.25, 0.3) is 33.7 Å². The summed E-state index contributed by atoms with van der Waals surface area (Å²) in [5, 5.41) is 8.41. The molecule has 0 atom stereocenters. The van der Waals surface area contributed by atoms with Gasteiger partial charge in [-0.25, -0.2) is 4.98 Å². The smallest absolute Gasteiger partial charge is 0.256 e. The van der Waals surface area contributed by atoms with Gasteiger partial charge in [0, 0.05) is 24.2 Å². The van der Waals surface area contributed by atoms with Crippen LogP contribution >= 0.6 is 23.2 Å². The molecule has 6 nitrogen and oxygen atoms in total. The summed E-state index contributed by atoms with van der Waals surface area (Å²) in [5.41, 5.74) is 4.29. The number of rotatable bonds is 4. The lowest BCUT2D eigenvalue weighted by Gasteiger charge is -2.05.